The maximum atomic E-state index is 16.2. The van der Waals surface area contributed by atoms with Crippen LogP contribution in [0.2, 0.25) is 5.04 Å². The zero-order valence-electron chi connectivity index (χ0n) is 44.3. The van der Waals surface area contributed by atoms with Gasteiger partial charge in [-0.25, -0.2) is 13.2 Å². The van der Waals surface area contributed by atoms with Crippen LogP contribution in [0.3, 0.4) is 0 Å². The Morgan fingerprint density at radius 2 is 1.44 bits per heavy atom. The second kappa shape index (κ2) is 23.9. The van der Waals surface area contributed by atoms with E-state index in [1.54, 1.807) is 70.4 Å². The quantitative estimate of drug-likeness (QED) is 0.0254. The molecule has 3 aromatic rings. The molecule has 1 saturated carbocycles. The number of methoxy groups -OCH3 is 2. The second-order valence-corrected chi connectivity index (χ2v) is 27.7. The minimum atomic E-state index is -3.77. The number of carbonyl (C=O) groups is 3. The van der Waals surface area contributed by atoms with Crippen LogP contribution in [0.5, 0.6) is 0 Å². The van der Waals surface area contributed by atoms with Gasteiger partial charge in [0.1, 0.15) is 19.9 Å². The standard InChI is InChI=1S/C58H72O12SSi.Na/c1-38(34-59)30-48-49(67-36-65-9)32-42(35-69-72(56(5,6)7,44-22-16-12-17-23-44)45-24-18-13-19-25-45)33-58(48)54(61)50(55(62)70-58)53(60)57(8)47(39(2)28-29-71(63,64)43-20-14-11-15-21-43)27-26-46-51(57)40(3)31-41(4)52(46)68-37-66-10;/h11-28,30,32,34,40-41,46-49,51-52,60H,29,31,33,35-37H2,1-10H3;/q;+1/p-1/b38-30+,39-28+,53-50+;/t40-,41-,46-,47-,48+,49-,51+,52-,57+,58-;/m0./s1. The predicted octanol–water partition coefficient (Wildman–Crippen LogP) is 4.64. The number of hydrogen-bond donors (Lipinski definition) is 0. The Bertz CT molecular complexity index is 2680. The van der Waals surface area contributed by atoms with E-state index in [-0.39, 0.29) is 96.3 Å². The number of benzene rings is 3. The Labute approximate surface area is 455 Å². The smallest absolute Gasteiger partial charge is 0.874 e. The summed E-state index contributed by atoms with van der Waals surface area (Å²) in [6.45, 7) is 15.7. The van der Waals surface area contributed by atoms with E-state index in [1.807, 2.05) is 54.6 Å². The van der Waals surface area contributed by atoms with Crippen molar-refractivity contribution in [1.82, 2.24) is 0 Å². The molecule has 1 spiro atoms. The molecule has 10 atom stereocenters. The van der Waals surface area contributed by atoms with Gasteiger partial charge in [0, 0.05) is 32.5 Å². The molecule has 0 aromatic heterocycles. The van der Waals surface area contributed by atoms with E-state index >= 15 is 9.90 Å². The molecule has 73 heavy (non-hydrogen) atoms. The molecule has 0 radical (unpaired) electrons. The first-order valence-electron chi connectivity index (χ1n) is 24.8. The summed E-state index contributed by atoms with van der Waals surface area (Å²) >= 11 is 0. The third kappa shape index (κ3) is 11.3. The molecule has 15 heteroatoms. The van der Waals surface area contributed by atoms with Gasteiger partial charge in [0.25, 0.3) is 8.32 Å². The van der Waals surface area contributed by atoms with Crippen molar-refractivity contribution in [3.05, 3.63) is 149 Å². The number of sulfone groups is 1. The number of esters is 1. The largest absolute Gasteiger partial charge is 1.00 e. The molecule has 1 aliphatic heterocycles. The summed E-state index contributed by atoms with van der Waals surface area (Å²) in [5.74, 6) is -5.61. The van der Waals surface area contributed by atoms with Gasteiger partial charge in [0.15, 0.2) is 15.4 Å². The van der Waals surface area contributed by atoms with Crippen LogP contribution in [0, 0.1) is 40.9 Å². The Balaban J connectivity index is 0.00000869. The molecule has 0 unspecified atom stereocenters. The van der Waals surface area contributed by atoms with Gasteiger partial charge in [0.2, 0.25) is 5.78 Å². The summed E-state index contributed by atoms with van der Waals surface area (Å²) in [6, 6.07) is 28.4. The molecule has 0 amide bonds. The van der Waals surface area contributed by atoms with Gasteiger partial charge in [-0.2, -0.15) is 0 Å². The number of Topliss-reactive ketones (excluding diaryl/α,β-unsaturated/α-hetero) is 1. The van der Waals surface area contributed by atoms with Crippen molar-refractivity contribution in [2.45, 2.75) is 96.0 Å². The summed E-state index contributed by atoms with van der Waals surface area (Å²) in [7, 11) is -3.91. The number of hydrogen-bond acceptors (Lipinski definition) is 12. The van der Waals surface area contributed by atoms with Gasteiger partial charge in [0.05, 0.1) is 41.0 Å². The summed E-state index contributed by atoms with van der Waals surface area (Å²) in [5.41, 5.74) is -2.68. The molecule has 12 nitrogen and oxygen atoms in total. The normalized spacial score (nSPS) is 29.5. The number of aldehydes is 1. The number of carbonyl (C=O) groups excluding carboxylic acids is 3. The molecule has 7 rings (SSSR count). The van der Waals surface area contributed by atoms with Gasteiger partial charge in [-0.15, -0.1) is 5.76 Å². The summed E-state index contributed by atoms with van der Waals surface area (Å²) in [5, 5.41) is 17.8. The van der Waals surface area contributed by atoms with Crippen LogP contribution < -0.4 is 45.0 Å². The van der Waals surface area contributed by atoms with Crippen molar-refractivity contribution in [2.75, 3.05) is 40.2 Å². The third-order valence-corrected chi connectivity index (χ3v) is 22.2. The zero-order chi connectivity index (χ0) is 52.2. The van der Waals surface area contributed by atoms with E-state index < -0.39 is 81.2 Å². The van der Waals surface area contributed by atoms with E-state index in [9.17, 15) is 18.0 Å². The maximum Gasteiger partial charge on any atom is 1.00 e. The fourth-order valence-electron chi connectivity index (χ4n) is 12.5. The van der Waals surface area contributed by atoms with Crippen molar-refractivity contribution >= 4 is 46.6 Å². The fourth-order valence-corrected chi connectivity index (χ4v) is 18.3. The first kappa shape index (κ1) is 58.2. The number of fused-ring (bicyclic) bond motifs is 1. The van der Waals surface area contributed by atoms with Crippen LogP contribution in [-0.2, 0) is 52.3 Å². The predicted molar refractivity (Wildman–Crippen MR) is 277 cm³/mol. The van der Waals surface area contributed by atoms with Gasteiger partial charge >= 0.3 is 35.5 Å². The zero-order valence-corrected chi connectivity index (χ0v) is 48.1. The van der Waals surface area contributed by atoms with Crippen molar-refractivity contribution in [1.29, 1.82) is 0 Å². The summed E-state index contributed by atoms with van der Waals surface area (Å²) in [6.07, 6.45) is 8.84. The van der Waals surface area contributed by atoms with Crippen LogP contribution in [0.15, 0.2) is 154 Å². The van der Waals surface area contributed by atoms with Crippen molar-refractivity contribution < 1.29 is 85.6 Å². The number of ether oxygens (including phenoxy) is 5. The summed E-state index contributed by atoms with van der Waals surface area (Å²) < 4.78 is 64.6. The van der Waals surface area contributed by atoms with Crippen LogP contribution >= 0.6 is 0 Å². The van der Waals surface area contributed by atoms with E-state index in [2.05, 4.69) is 58.9 Å². The number of ketones is 1. The average Bonchev–Trinajstić information content (AvgIpc) is 3.60. The maximum absolute atomic E-state index is 16.2. The minimum absolute atomic E-state index is 0. The Morgan fingerprint density at radius 1 is 0.863 bits per heavy atom. The SMILES string of the molecule is COCO[C@@H]1[C@H]2C=C[C@@H](/C(C)=C/CS(=O)(=O)c3ccccc3)[C@@](C)(/C([O-])=C3\C(=O)O[C@]4(CC(CO[Si](c5ccccc5)(c5ccccc5)C(C)(C)C)=C[C@H](OCOC)[C@H]4/C=C(\C)C=O)C3=O)[C@@H]2[C@@H](C)C[C@@H]1C.[Na+]. The van der Waals surface area contributed by atoms with Gasteiger partial charge in [-0.05, 0) is 82.1 Å². The van der Waals surface area contributed by atoms with Crippen LogP contribution in [0.1, 0.15) is 68.2 Å². The Morgan fingerprint density at radius 3 is 2.00 bits per heavy atom. The first-order chi connectivity index (χ1) is 34.2. The first-order valence-corrected chi connectivity index (χ1v) is 28.4. The fraction of sp³-hybridized carbons (Fsp3) is 0.466. The molecule has 386 valence electrons. The molecule has 3 aromatic carbocycles. The molecule has 4 aliphatic rings. The summed E-state index contributed by atoms with van der Waals surface area (Å²) in [4.78, 5) is 43.5. The third-order valence-electron chi connectivity index (χ3n) is 15.7. The van der Waals surface area contributed by atoms with Crippen LogP contribution in [-0.4, -0.2) is 92.7 Å². The molecule has 0 bridgehead atoms. The molecule has 2 fully saturated rings. The van der Waals surface area contributed by atoms with Crippen molar-refractivity contribution in [3.63, 3.8) is 0 Å². The molecule has 1 saturated heterocycles. The van der Waals surface area contributed by atoms with Gasteiger partial charge < -0.3 is 33.2 Å². The topological polar surface area (TPSA) is 164 Å². The van der Waals surface area contributed by atoms with E-state index in [0.717, 1.165) is 10.4 Å². The second-order valence-electron chi connectivity index (χ2n) is 21.4. The monoisotopic (exact) mass is 1040 g/mol. The van der Waals surface area contributed by atoms with Crippen LogP contribution in [0.4, 0.5) is 0 Å². The van der Waals surface area contributed by atoms with Crippen molar-refractivity contribution in [3.8, 4) is 0 Å². The Hall–Kier alpha value is -4.06. The number of allylic oxidation sites excluding steroid dienone is 4. The van der Waals surface area contributed by atoms with E-state index in [4.69, 9.17) is 28.1 Å². The molecular weight excluding hydrogens is 972 g/mol. The van der Waals surface area contributed by atoms with Gasteiger partial charge in [-0.3, -0.25) is 9.59 Å². The van der Waals surface area contributed by atoms with Crippen molar-refractivity contribution in [2.24, 2.45) is 40.9 Å². The van der Waals surface area contributed by atoms with E-state index in [0.29, 0.717) is 23.9 Å². The Kier molecular flexibility index (Phi) is 19.0. The molecule has 3 aliphatic carbocycles. The van der Waals surface area contributed by atoms with Gasteiger partial charge in [-0.1, -0.05) is 156 Å². The average molecular weight is 1040 g/mol. The number of rotatable bonds is 18. The molecular formula is C58H71NaO12SSi. The minimum Gasteiger partial charge on any atom is -0.874 e. The van der Waals surface area contributed by atoms with E-state index in [1.165, 1.54) is 7.11 Å². The molecule has 0 N–H and O–H groups in total. The van der Waals surface area contributed by atoms with Crippen LogP contribution in [0.25, 0.3) is 0 Å². The molecule has 1 heterocycles.